The predicted molar refractivity (Wildman–Crippen MR) is 159 cm³/mol. The second-order valence-electron chi connectivity index (χ2n) is 11.3. The Kier molecular flexibility index (Phi) is 8.13. The molecule has 0 radical (unpaired) electrons. The molecule has 0 unspecified atom stereocenters. The van der Waals surface area contributed by atoms with Crippen molar-refractivity contribution >= 4 is 23.2 Å². The van der Waals surface area contributed by atoms with Gasteiger partial charge in [-0.2, -0.15) is 0 Å². The quantitative estimate of drug-likeness (QED) is 0.356. The molecule has 42 heavy (non-hydrogen) atoms. The van der Waals surface area contributed by atoms with Crippen molar-refractivity contribution in [1.82, 2.24) is 5.32 Å². The molecule has 1 saturated heterocycles. The lowest BCUT2D eigenvalue weighted by atomic mass is 9.79. The van der Waals surface area contributed by atoms with Crippen molar-refractivity contribution in [2.75, 3.05) is 49.8 Å². The van der Waals surface area contributed by atoms with Crippen molar-refractivity contribution in [1.29, 1.82) is 0 Å². The number of amides is 2. The summed E-state index contributed by atoms with van der Waals surface area (Å²) in [6, 6.07) is 17.4. The average molecular weight is 574 g/mol. The lowest BCUT2D eigenvalue weighted by Crippen LogP contribution is -2.47. The first-order chi connectivity index (χ1) is 20.4. The average Bonchev–Trinajstić information content (AvgIpc) is 3.85. The normalized spacial score (nSPS) is 20.1. The number of carbonyl (C=O) groups excluding carboxylic acids is 2. The number of carbonyl (C=O) groups is 2. The summed E-state index contributed by atoms with van der Waals surface area (Å²) in [5.41, 5.74) is 3.40. The number of benzene rings is 3. The van der Waals surface area contributed by atoms with E-state index in [1.54, 1.807) is 12.0 Å². The Morgan fingerprint density at radius 2 is 2.00 bits per heavy atom. The van der Waals surface area contributed by atoms with E-state index in [1.165, 1.54) is 18.2 Å². The number of methoxy groups -OCH3 is 1. The Bertz CT molecular complexity index is 1480. The molecular formula is C33H36FN3O5. The van der Waals surface area contributed by atoms with Gasteiger partial charge in [-0.05, 0) is 85.7 Å². The van der Waals surface area contributed by atoms with Crippen LogP contribution >= 0.6 is 0 Å². The summed E-state index contributed by atoms with van der Waals surface area (Å²) in [5, 5.41) is 13.4. The number of phenolic OH excluding ortho intramolecular Hbond substituents is 1. The van der Waals surface area contributed by atoms with Gasteiger partial charge in [0.25, 0.3) is 5.91 Å². The fourth-order valence-corrected chi connectivity index (χ4v) is 6.17. The minimum Gasteiger partial charge on any atom is -0.508 e. The Morgan fingerprint density at radius 3 is 2.81 bits per heavy atom. The zero-order valence-electron chi connectivity index (χ0n) is 23.7. The smallest absolute Gasteiger partial charge is 0.265 e. The minimum atomic E-state index is -0.408. The van der Waals surface area contributed by atoms with Gasteiger partial charge in [0.05, 0.1) is 11.6 Å². The van der Waals surface area contributed by atoms with E-state index in [2.05, 4.69) is 5.32 Å². The van der Waals surface area contributed by atoms with E-state index < -0.39 is 5.82 Å². The maximum atomic E-state index is 14.7. The van der Waals surface area contributed by atoms with Gasteiger partial charge in [-0.3, -0.25) is 9.59 Å². The fourth-order valence-electron chi connectivity index (χ4n) is 6.17. The highest BCUT2D eigenvalue weighted by atomic mass is 19.1. The zero-order chi connectivity index (χ0) is 29.2. The first-order valence-corrected chi connectivity index (χ1v) is 14.6. The van der Waals surface area contributed by atoms with Gasteiger partial charge < -0.3 is 29.7 Å². The van der Waals surface area contributed by atoms with E-state index in [4.69, 9.17) is 9.47 Å². The van der Waals surface area contributed by atoms with Gasteiger partial charge >= 0.3 is 0 Å². The summed E-state index contributed by atoms with van der Waals surface area (Å²) >= 11 is 0. The first-order valence-electron chi connectivity index (χ1n) is 14.6. The standard InChI is InChI=1S/C33H36FN3O5/c1-41-15-3-14-36-30-17-24(8-11-31(30)42-20-32(36)39)37(23-6-7-23)33(40)28-19-35-13-12-26(28)21-4-2-5-22(16-21)27-18-25(38)9-10-29(27)34/h2,4-5,8-11,16-18,23,26,28,35,38H,3,6-7,12-15,19-20H2,1H3/t26-,28+/m1/s1. The van der Waals surface area contributed by atoms with Crippen LogP contribution in [0.2, 0.25) is 0 Å². The molecule has 1 saturated carbocycles. The van der Waals surface area contributed by atoms with E-state index >= 15 is 0 Å². The summed E-state index contributed by atoms with van der Waals surface area (Å²) in [6.07, 6.45) is 3.30. The van der Waals surface area contributed by atoms with Crippen LogP contribution < -0.4 is 19.9 Å². The van der Waals surface area contributed by atoms with Crippen LogP contribution in [0.3, 0.4) is 0 Å². The first kappa shape index (κ1) is 28.2. The number of rotatable bonds is 9. The molecule has 6 rings (SSSR count). The molecule has 2 fully saturated rings. The Morgan fingerprint density at radius 1 is 1.14 bits per heavy atom. The van der Waals surface area contributed by atoms with Crippen molar-refractivity contribution in [2.24, 2.45) is 5.92 Å². The maximum Gasteiger partial charge on any atom is 0.265 e. The molecule has 0 aromatic heterocycles. The van der Waals surface area contributed by atoms with Crippen LogP contribution in [0.15, 0.2) is 60.7 Å². The SMILES string of the molecule is COCCCN1C(=O)COc2ccc(N(C(=O)[C@H]3CNCC[C@@H]3c3cccc(-c4cc(O)ccc4F)c3)C3CC3)cc21. The Labute approximate surface area is 245 Å². The van der Waals surface area contributed by atoms with E-state index in [1.807, 2.05) is 47.4 Å². The zero-order valence-corrected chi connectivity index (χ0v) is 23.7. The van der Waals surface area contributed by atoms with Crippen molar-refractivity contribution < 1.29 is 28.6 Å². The summed E-state index contributed by atoms with van der Waals surface area (Å²) in [4.78, 5) is 30.8. The largest absolute Gasteiger partial charge is 0.508 e. The lowest BCUT2D eigenvalue weighted by Gasteiger charge is -2.36. The summed E-state index contributed by atoms with van der Waals surface area (Å²) in [5.74, 6) is -0.233. The maximum absolute atomic E-state index is 14.7. The molecule has 9 heteroatoms. The number of phenols is 1. The van der Waals surface area contributed by atoms with Gasteiger partial charge in [-0.15, -0.1) is 0 Å². The number of nitrogens with one attached hydrogen (secondary N) is 1. The number of fused-ring (bicyclic) bond motifs is 1. The Balaban J connectivity index is 1.30. The molecule has 3 aromatic rings. The van der Waals surface area contributed by atoms with Crippen LogP contribution in [0, 0.1) is 11.7 Å². The number of aromatic hydroxyl groups is 1. The van der Waals surface area contributed by atoms with E-state index in [9.17, 15) is 19.1 Å². The molecule has 2 atom stereocenters. The number of hydrogen-bond donors (Lipinski definition) is 2. The molecule has 2 amide bonds. The number of nitrogens with zero attached hydrogens (tertiary/aromatic N) is 2. The van der Waals surface area contributed by atoms with Crippen molar-refractivity contribution in [2.45, 2.75) is 37.6 Å². The third-order valence-corrected chi connectivity index (χ3v) is 8.42. The summed E-state index contributed by atoms with van der Waals surface area (Å²) in [7, 11) is 1.64. The molecular weight excluding hydrogens is 537 g/mol. The van der Waals surface area contributed by atoms with Crippen molar-refractivity contribution in [3.8, 4) is 22.6 Å². The second kappa shape index (κ2) is 12.1. The molecule has 3 aromatic carbocycles. The third kappa shape index (κ3) is 5.71. The van der Waals surface area contributed by atoms with Gasteiger partial charge in [0.15, 0.2) is 6.61 Å². The van der Waals surface area contributed by atoms with Crippen molar-refractivity contribution in [3.05, 3.63) is 72.0 Å². The van der Waals surface area contributed by atoms with Gasteiger partial charge in [-0.1, -0.05) is 24.3 Å². The van der Waals surface area contributed by atoms with Crippen LogP contribution in [-0.4, -0.2) is 62.9 Å². The van der Waals surface area contributed by atoms with Gasteiger partial charge in [0.1, 0.15) is 17.3 Å². The van der Waals surface area contributed by atoms with Crippen molar-refractivity contribution in [3.63, 3.8) is 0 Å². The summed E-state index contributed by atoms with van der Waals surface area (Å²) < 4.78 is 25.6. The van der Waals surface area contributed by atoms with Gasteiger partial charge in [-0.25, -0.2) is 4.39 Å². The molecule has 2 N–H and O–H groups in total. The topological polar surface area (TPSA) is 91.3 Å². The monoisotopic (exact) mass is 573 g/mol. The van der Waals surface area contributed by atoms with Crippen LogP contribution in [-0.2, 0) is 14.3 Å². The summed E-state index contributed by atoms with van der Waals surface area (Å²) in [6.45, 7) is 2.35. The second-order valence-corrected chi connectivity index (χ2v) is 11.3. The predicted octanol–water partition coefficient (Wildman–Crippen LogP) is 4.85. The Hall–Kier alpha value is -3.95. The number of piperidine rings is 1. The highest BCUT2D eigenvalue weighted by Crippen LogP contribution is 2.42. The highest BCUT2D eigenvalue weighted by molar-refractivity contribution is 6.01. The van der Waals surface area contributed by atoms with Crippen LogP contribution in [0.1, 0.15) is 37.2 Å². The van der Waals surface area contributed by atoms with E-state index in [0.29, 0.717) is 48.7 Å². The molecule has 0 bridgehead atoms. The molecule has 220 valence electrons. The van der Waals surface area contributed by atoms with E-state index in [0.717, 1.165) is 37.1 Å². The van der Waals surface area contributed by atoms with E-state index in [-0.39, 0.29) is 42.0 Å². The van der Waals surface area contributed by atoms with Crippen LogP contribution in [0.5, 0.6) is 11.5 Å². The molecule has 1 aliphatic carbocycles. The number of anilines is 2. The fraction of sp³-hybridized carbons (Fsp3) is 0.394. The lowest BCUT2D eigenvalue weighted by molar-refractivity contribution is -0.123. The minimum absolute atomic E-state index is 0.00112. The molecule has 0 spiro atoms. The number of ether oxygens (including phenoxy) is 2. The molecule has 3 aliphatic rings. The van der Waals surface area contributed by atoms with Crippen LogP contribution in [0.25, 0.3) is 11.1 Å². The third-order valence-electron chi connectivity index (χ3n) is 8.42. The number of halogens is 1. The highest BCUT2D eigenvalue weighted by Gasteiger charge is 2.41. The molecule has 2 heterocycles. The molecule has 2 aliphatic heterocycles. The van der Waals surface area contributed by atoms with Crippen LogP contribution in [0.4, 0.5) is 15.8 Å². The van der Waals surface area contributed by atoms with Gasteiger partial charge in [0.2, 0.25) is 5.91 Å². The van der Waals surface area contributed by atoms with Gasteiger partial charge in [0, 0.05) is 44.1 Å². The molecule has 8 nitrogen and oxygen atoms in total. The number of hydrogen-bond acceptors (Lipinski definition) is 6.